The van der Waals surface area contributed by atoms with Crippen molar-refractivity contribution in [3.63, 3.8) is 0 Å². The standard InChI is InChI=1S/C10H18O2/c1-3-10(4-2,7-9(11)12)8-5-6-8/h8H,3-7H2,1-2H3,(H,11,12). The van der Waals surface area contributed by atoms with Gasteiger partial charge in [-0.05, 0) is 37.0 Å². The average molecular weight is 170 g/mol. The van der Waals surface area contributed by atoms with Crippen LogP contribution in [0.2, 0.25) is 0 Å². The van der Waals surface area contributed by atoms with E-state index in [4.69, 9.17) is 5.11 Å². The molecule has 0 spiro atoms. The Bertz CT molecular complexity index is 167. The second-order valence-electron chi connectivity index (χ2n) is 3.91. The van der Waals surface area contributed by atoms with Crippen molar-refractivity contribution in [2.24, 2.45) is 11.3 Å². The molecule has 0 aliphatic heterocycles. The van der Waals surface area contributed by atoms with Crippen LogP contribution >= 0.6 is 0 Å². The highest BCUT2D eigenvalue weighted by molar-refractivity contribution is 5.67. The molecule has 12 heavy (non-hydrogen) atoms. The third-order valence-electron chi connectivity index (χ3n) is 3.35. The molecular weight excluding hydrogens is 152 g/mol. The van der Waals surface area contributed by atoms with Crippen LogP contribution in [-0.4, -0.2) is 11.1 Å². The Balaban J connectivity index is 2.61. The fourth-order valence-electron chi connectivity index (χ4n) is 2.22. The van der Waals surface area contributed by atoms with E-state index in [2.05, 4.69) is 13.8 Å². The summed E-state index contributed by atoms with van der Waals surface area (Å²) in [7, 11) is 0. The number of aliphatic carboxylic acids is 1. The maximum atomic E-state index is 10.7. The van der Waals surface area contributed by atoms with Crippen molar-refractivity contribution < 1.29 is 9.90 Å². The summed E-state index contributed by atoms with van der Waals surface area (Å²) in [6.45, 7) is 4.23. The van der Waals surface area contributed by atoms with Crippen LogP contribution in [0.4, 0.5) is 0 Å². The Morgan fingerprint density at radius 1 is 1.42 bits per heavy atom. The predicted molar refractivity (Wildman–Crippen MR) is 48.0 cm³/mol. The Morgan fingerprint density at radius 3 is 2.17 bits per heavy atom. The lowest BCUT2D eigenvalue weighted by Crippen LogP contribution is -2.25. The van der Waals surface area contributed by atoms with Gasteiger partial charge in [0.25, 0.3) is 0 Å². The van der Waals surface area contributed by atoms with Crippen molar-refractivity contribution in [1.82, 2.24) is 0 Å². The smallest absolute Gasteiger partial charge is 0.303 e. The molecule has 1 aliphatic rings. The Morgan fingerprint density at radius 2 is 1.92 bits per heavy atom. The molecule has 0 aromatic carbocycles. The average Bonchev–Trinajstić information content (AvgIpc) is 2.82. The molecule has 0 bridgehead atoms. The lowest BCUT2D eigenvalue weighted by Gasteiger charge is -2.29. The summed E-state index contributed by atoms with van der Waals surface area (Å²) in [5.74, 6) is 0.0641. The fourth-order valence-corrected chi connectivity index (χ4v) is 2.22. The fraction of sp³-hybridized carbons (Fsp3) is 0.900. The molecule has 1 rings (SSSR count). The largest absolute Gasteiger partial charge is 0.481 e. The van der Waals surface area contributed by atoms with E-state index >= 15 is 0 Å². The number of rotatable bonds is 5. The third kappa shape index (κ3) is 1.79. The molecule has 0 saturated heterocycles. The predicted octanol–water partition coefficient (Wildman–Crippen LogP) is 2.68. The number of carbonyl (C=O) groups is 1. The number of carboxylic acids is 1. The van der Waals surface area contributed by atoms with Gasteiger partial charge in [-0.25, -0.2) is 0 Å². The summed E-state index contributed by atoms with van der Waals surface area (Å²) in [5.41, 5.74) is 0.117. The van der Waals surface area contributed by atoms with Crippen molar-refractivity contribution in [3.8, 4) is 0 Å². The lowest BCUT2D eigenvalue weighted by molar-refractivity contribution is -0.140. The zero-order valence-corrected chi connectivity index (χ0v) is 7.97. The Kier molecular flexibility index (Phi) is 2.76. The van der Waals surface area contributed by atoms with Gasteiger partial charge in [0, 0.05) is 0 Å². The quantitative estimate of drug-likeness (QED) is 0.688. The number of hydrogen-bond donors (Lipinski definition) is 1. The minimum Gasteiger partial charge on any atom is -0.481 e. The Hall–Kier alpha value is -0.530. The molecule has 2 nitrogen and oxygen atoms in total. The first-order chi connectivity index (χ1) is 5.64. The molecule has 0 amide bonds. The van der Waals surface area contributed by atoms with Gasteiger partial charge < -0.3 is 5.11 Å². The molecule has 0 atom stereocenters. The first-order valence-corrected chi connectivity index (χ1v) is 4.86. The van der Waals surface area contributed by atoms with Crippen LogP contribution in [0.5, 0.6) is 0 Å². The maximum Gasteiger partial charge on any atom is 0.303 e. The van der Waals surface area contributed by atoms with Gasteiger partial charge >= 0.3 is 5.97 Å². The molecule has 70 valence electrons. The van der Waals surface area contributed by atoms with Crippen molar-refractivity contribution in [2.75, 3.05) is 0 Å². The van der Waals surface area contributed by atoms with Crippen molar-refractivity contribution >= 4 is 5.97 Å². The molecule has 0 unspecified atom stereocenters. The molecule has 1 saturated carbocycles. The number of carboxylic acid groups (broad SMARTS) is 1. The van der Waals surface area contributed by atoms with E-state index in [-0.39, 0.29) is 5.41 Å². The van der Waals surface area contributed by atoms with Gasteiger partial charge in [0.1, 0.15) is 0 Å². The zero-order valence-electron chi connectivity index (χ0n) is 7.97. The highest BCUT2D eigenvalue weighted by Crippen LogP contribution is 2.51. The normalized spacial score (nSPS) is 17.8. The van der Waals surface area contributed by atoms with E-state index in [0.29, 0.717) is 12.3 Å². The van der Waals surface area contributed by atoms with Crippen molar-refractivity contribution in [3.05, 3.63) is 0 Å². The van der Waals surface area contributed by atoms with E-state index in [1.807, 2.05) is 0 Å². The van der Waals surface area contributed by atoms with Gasteiger partial charge in [0.15, 0.2) is 0 Å². The monoisotopic (exact) mass is 170 g/mol. The van der Waals surface area contributed by atoms with Gasteiger partial charge in [-0.15, -0.1) is 0 Å². The van der Waals surface area contributed by atoms with E-state index in [0.717, 1.165) is 12.8 Å². The maximum absolute atomic E-state index is 10.7. The zero-order chi connectivity index (χ0) is 9.19. The molecular formula is C10H18O2. The van der Waals surface area contributed by atoms with Gasteiger partial charge in [-0.3, -0.25) is 4.79 Å². The first kappa shape index (κ1) is 9.56. The second kappa shape index (κ2) is 3.46. The highest BCUT2D eigenvalue weighted by atomic mass is 16.4. The summed E-state index contributed by atoms with van der Waals surface area (Å²) in [5, 5.41) is 8.79. The summed E-state index contributed by atoms with van der Waals surface area (Å²) < 4.78 is 0. The molecule has 0 radical (unpaired) electrons. The molecule has 0 heterocycles. The van der Waals surface area contributed by atoms with Crippen molar-refractivity contribution in [2.45, 2.75) is 46.0 Å². The van der Waals surface area contributed by atoms with Crippen molar-refractivity contribution in [1.29, 1.82) is 0 Å². The van der Waals surface area contributed by atoms with Crippen LogP contribution in [0.15, 0.2) is 0 Å². The number of hydrogen-bond acceptors (Lipinski definition) is 1. The van der Waals surface area contributed by atoms with Crippen LogP contribution in [0.25, 0.3) is 0 Å². The molecule has 1 aliphatic carbocycles. The van der Waals surface area contributed by atoms with Crippen LogP contribution in [0.3, 0.4) is 0 Å². The van der Waals surface area contributed by atoms with E-state index < -0.39 is 5.97 Å². The van der Waals surface area contributed by atoms with Crippen LogP contribution < -0.4 is 0 Å². The molecule has 0 aromatic rings. The SMILES string of the molecule is CCC(CC)(CC(=O)O)C1CC1. The van der Waals surface area contributed by atoms with E-state index in [1.165, 1.54) is 12.8 Å². The van der Waals surface area contributed by atoms with E-state index in [1.54, 1.807) is 0 Å². The summed E-state index contributed by atoms with van der Waals surface area (Å²) >= 11 is 0. The molecule has 1 fully saturated rings. The summed E-state index contributed by atoms with van der Waals surface area (Å²) in [4.78, 5) is 10.7. The van der Waals surface area contributed by atoms with Gasteiger partial charge in [-0.1, -0.05) is 13.8 Å². The summed E-state index contributed by atoms with van der Waals surface area (Å²) in [6, 6.07) is 0. The van der Waals surface area contributed by atoms with E-state index in [9.17, 15) is 4.79 Å². The topological polar surface area (TPSA) is 37.3 Å². The second-order valence-corrected chi connectivity index (χ2v) is 3.91. The van der Waals surface area contributed by atoms with Gasteiger partial charge in [0.2, 0.25) is 0 Å². The minimum absolute atomic E-state index is 0.117. The first-order valence-electron chi connectivity index (χ1n) is 4.86. The summed E-state index contributed by atoms with van der Waals surface area (Å²) in [6.07, 6.45) is 4.88. The molecule has 1 N–H and O–H groups in total. The van der Waals surface area contributed by atoms with Gasteiger partial charge in [-0.2, -0.15) is 0 Å². The Labute approximate surface area is 74.0 Å². The van der Waals surface area contributed by atoms with Crippen LogP contribution in [0, 0.1) is 11.3 Å². The van der Waals surface area contributed by atoms with Crippen LogP contribution in [-0.2, 0) is 4.79 Å². The molecule has 2 heteroatoms. The minimum atomic E-state index is -0.634. The molecule has 0 aromatic heterocycles. The highest BCUT2D eigenvalue weighted by Gasteiger charge is 2.43. The third-order valence-corrected chi connectivity index (χ3v) is 3.35. The van der Waals surface area contributed by atoms with Crippen LogP contribution in [0.1, 0.15) is 46.0 Å². The van der Waals surface area contributed by atoms with Gasteiger partial charge in [0.05, 0.1) is 6.42 Å². The lowest BCUT2D eigenvalue weighted by atomic mass is 9.75.